The van der Waals surface area contributed by atoms with Crippen LogP contribution in [0.5, 0.6) is 5.75 Å². The van der Waals surface area contributed by atoms with E-state index in [1.165, 1.54) is 4.57 Å². The van der Waals surface area contributed by atoms with Gasteiger partial charge in [0.25, 0.3) is 5.56 Å². The molecule has 0 spiro atoms. The van der Waals surface area contributed by atoms with E-state index < -0.39 is 40.4 Å². The number of hydrogen-bond donors (Lipinski definition) is 3. The summed E-state index contributed by atoms with van der Waals surface area (Å²) in [7, 11) is 0. The highest BCUT2D eigenvalue weighted by Crippen LogP contribution is 2.40. The van der Waals surface area contributed by atoms with Gasteiger partial charge >= 0.3 is 18.0 Å². The van der Waals surface area contributed by atoms with E-state index in [2.05, 4.69) is 17.2 Å². The predicted molar refractivity (Wildman–Crippen MR) is 190 cm³/mol. The van der Waals surface area contributed by atoms with Crippen LogP contribution >= 0.6 is 0 Å². The maximum absolute atomic E-state index is 13.8. The van der Waals surface area contributed by atoms with Crippen LogP contribution in [0, 0.1) is 0 Å². The van der Waals surface area contributed by atoms with Crippen LogP contribution in [0.15, 0.2) is 41.2 Å². The first-order valence-electron chi connectivity index (χ1n) is 17.2. The molecule has 4 heterocycles. The fourth-order valence-electron chi connectivity index (χ4n) is 6.04. The van der Waals surface area contributed by atoms with E-state index in [1.807, 2.05) is 0 Å². The van der Waals surface area contributed by atoms with E-state index in [9.17, 15) is 29.1 Å². The molecule has 14 nitrogen and oxygen atoms in total. The van der Waals surface area contributed by atoms with Crippen molar-refractivity contribution in [3.63, 3.8) is 0 Å². The SMILES string of the molecule is C=C(COc1ccc2nc3c(c(CNC(=O)CCCNC(=O)OC(C)(C)C)c2c1)Cn1c-3cc2c(c1=O)COC(=O)[C@]2(O)CC)C(=O)OC(C)(C)C. The number of ether oxygens (including phenoxy) is 4. The molecule has 1 aromatic carbocycles. The number of fused-ring (bicyclic) bond motifs is 5. The quantitative estimate of drug-likeness (QED) is 0.0871. The minimum Gasteiger partial charge on any atom is -0.489 e. The first-order chi connectivity index (χ1) is 24.3. The van der Waals surface area contributed by atoms with Crippen LogP contribution < -0.4 is 20.9 Å². The number of amides is 2. The zero-order valence-electron chi connectivity index (χ0n) is 30.7. The fourth-order valence-corrected chi connectivity index (χ4v) is 6.04. The van der Waals surface area contributed by atoms with Crippen molar-refractivity contribution in [1.29, 1.82) is 0 Å². The highest BCUT2D eigenvalue weighted by atomic mass is 16.6. The molecule has 2 aliphatic rings. The van der Waals surface area contributed by atoms with E-state index in [4.69, 9.17) is 23.9 Å². The second-order valence-electron chi connectivity index (χ2n) is 14.9. The maximum Gasteiger partial charge on any atom is 0.407 e. The van der Waals surface area contributed by atoms with Crippen molar-refractivity contribution in [3.8, 4) is 17.1 Å². The highest BCUT2D eigenvalue weighted by molar-refractivity contribution is 5.91. The minimum absolute atomic E-state index is 0.00738. The number of nitrogens with one attached hydrogen (secondary N) is 2. The molecule has 0 saturated heterocycles. The minimum atomic E-state index is -1.98. The van der Waals surface area contributed by atoms with E-state index in [0.717, 1.165) is 0 Å². The number of cyclic esters (lactones) is 1. The van der Waals surface area contributed by atoms with Gasteiger partial charge in [0.1, 0.15) is 30.2 Å². The van der Waals surface area contributed by atoms with Crippen LogP contribution in [0.3, 0.4) is 0 Å². The smallest absolute Gasteiger partial charge is 0.407 e. The first kappa shape index (κ1) is 38.0. The van der Waals surface area contributed by atoms with Crippen LogP contribution in [0.4, 0.5) is 4.79 Å². The maximum atomic E-state index is 13.8. The van der Waals surface area contributed by atoms with Crippen molar-refractivity contribution >= 4 is 34.8 Å². The molecule has 0 unspecified atom stereocenters. The Morgan fingerprint density at radius 1 is 1.04 bits per heavy atom. The lowest BCUT2D eigenvalue weighted by molar-refractivity contribution is -0.172. The molecular weight excluding hydrogens is 672 g/mol. The molecule has 278 valence electrons. The average molecular weight is 719 g/mol. The Morgan fingerprint density at radius 2 is 1.75 bits per heavy atom. The normalized spacial score (nSPS) is 16.3. The molecule has 0 saturated carbocycles. The summed E-state index contributed by atoms with van der Waals surface area (Å²) in [6, 6.07) is 6.79. The van der Waals surface area contributed by atoms with Gasteiger partial charge in [0, 0.05) is 36.0 Å². The van der Waals surface area contributed by atoms with Gasteiger partial charge in [0.05, 0.1) is 34.6 Å². The van der Waals surface area contributed by atoms with Gasteiger partial charge < -0.3 is 39.3 Å². The molecule has 14 heteroatoms. The van der Waals surface area contributed by atoms with Crippen molar-refractivity contribution in [2.24, 2.45) is 0 Å². The van der Waals surface area contributed by atoms with E-state index in [1.54, 1.807) is 72.7 Å². The number of alkyl carbamates (subject to hydrolysis) is 1. The highest BCUT2D eigenvalue weighted by Gasteiger charge is 2.45. The molecule has 5 rings (SSSR count). The Hall–Kier alpha value is -5.24. The number of benzene rings is 1. The molecule has 2 aliphatic heterocycles. The summed E-state index contributed by atoms with van der Waals surface area (Å²) < 4.78 is 23.3. The number of nitrogens with zero attached hydrogens (tertiary/aromatic N) is 2. The molecule has 0 radical (unpaired) electrons. The molecule has 3 N–H and O–H groups in total. The molecule has 52 heavy (non-hydrogen) atoms. The number of rotatable bonds is 11. The Labute approximate surface area is 301 Å². The molecular formula is C38H46N4O10. The molecule has 0 fully saturated rings. The van der Waals surface area contributed by atoms with Crippen LogP contribution in [-0.4, -0.2) is 63.0 Å². The van der Waals surface area contributed by atoms with E-state index in [0.29, 0.717) is 45.6 Å². The van der Waals surface area contributed by atoms with Crippen molar-refractivity contribution in [1.82, 2.24) is 20.2 Å². The van der Waals surface area contributed by atoms with Crippen LogP contribution in [0.25, 0.3) is 22.3 Å². The molecule has 2 amide bonds. The fraction of sp³-hybridized carbons (Fsp3) is 0.474. The summed E-state index contributed by atoms with van der Waals surface area (Å²) in [5.41, 5.74) is -0.425. The van der Waals surface area contributed by atoms with Crippen molar-refractivity contribution < 1.29 is 43.2 Å². The number of esters is 2. The zero-order valence-corrected chi connectivity index (χ0v) is 30.7. The topological polar surface area (TPSA) is 184 Å². The molecule has 0 bridgehead atoms. The summed E-state index contributed by atoms with van der Waals surface area (Å²) in [6.45, 7) is 16.0. The number of carbonyl (C=O) groups is 4. The zero-order chi connectivity index (χ0) is 38.2. The number of aliphatic hydroxyl groups is 1. The largest absolute Gasteiger partial charge is 0.489 e. The summed E-state index contributed by atoms with van der Waals surface area (Å²) in [6.07, 6.45) is -0.0666. The van der Waals surface area contributed by atoms with Gasteiger partial charge in [-0.15, -0.1) is 0 Å². The Bertz CT molecular complexity index is 2020. The summed E-state index contributed by atoms with van der Waals surface area (Å²) >= 11 is 0. The molecule has 3 aromatic rings. The third kappa shape index (κ3) is 8.12. The Balaban J connectivity index is 1.45. The monoisotopic (exact) mass is 718 g/mol. The Kier molecular flexibility index (Phi) is 10.5. The lowest BCUT2D eigenvalue weighted by Gasteiger charge is -2.31. The third-order valence-electron chi connectivity index (χ3n) is 8.59. The lowest BCUT2D eigenvalue weighted by Crippen LogP contribution is -2.44. The summed E-state index contributed by atoms with van der Waals surface area (Å²) in [5.74, 6) is -1.25. The van der Waals surface area contributed by atoms with Crippen LogP contribution in [-0.2, 0) is 53.9 Å². The van der Waals surface area contributed by atoms with Gasteiger partial charge in [-0.2, -0.15) is 0 Å². The average Bonchev–Trinajstić information content (AvgIpc) is 3.42. The third-order valence-corrected chi connectivity index (χ3v) is 8.59. The Morgan fingerprint density at radius 3 is 2.42 bits per heavy atom. The molecule has 1 atom stereocenters. The van der Waals surface area contributed by atoms with Crippen LogP contribution in [0.2, 0.25) is 0 Å². The van der Waals surface area contributed by atoms with Gasteiger partial charge in [-0.05, 0) is 84.2 Å². The molecule has 2 aromatic heterocycles. The van der Waals surface area contributed by atoms with E-state index >= 15 is 0 Å². The van der Waals surface area contributed by atoms with Gasteiger partial charge in [0.2, 0.25) is 5.91 Å². The van der Waals surface area contributed by atoms with Crippen molar-refractivity contribution in [2.45, 2.75) is 104 Å². The second-order valence-corrected chi connectivity index (χ2v) is 14.9. The number of hydrogen-bond acceptors (Lipinski definition) is 11. The van der Waals surface area contributed by atoms with Crippen LogP contribution in [0.1, 0.15) is 90.0 Å². The summed E-state index contributed by atoms with van der Waals surface area (Å²) in [4.78, 5) is 68.9. The van der Waals surface area contributed by atoms with Gasteiger partial charge in [-0.3, -0.25) is 9.59 Å². The molecule has 0 aliphatic carbocycles. The van der Waals surface area contributed by atoms with Crippen molar-refractivity contribution in [3.05, 3.63) is 69.0 Å². The van der Waals surface area contributed by atoms with Gasteiger partial charge in [-0.1, -0.05) is 13.5 Å². The number of carbonyl (C=O) groups excluding carboxylic acids is 4. The number of aromatic nitrogens is 2. The lowest BCUT2D eigenvalue weighted by atomic mass is 9.86. The predicted octanol–water partition coefficient (Wildman–Crippen LogP) is 4.28. The van der Waals surface area contributed by atoms with Gasteiger partial charge in [0.15, 0.2) is 5.60 Å². The van der Waals surface area contributed by atoms with Gasteiger partial charge in [-0.25, -0.2) is 19.4 Å². The number of pyridine rings is 2. The van der Waals surface area contributed by atoms with Crippen molar-refractivity contribution in [2.75, 3.05) is 13.2 Å². The summed E-state index contributed by atoms with van der Waals surface area (Å²) in [5, 5.41) is 17.5. The first-order valence-corrected chi connectivity index (χ1v) is 17.2. The van der Waals surface area contributed by atoms with E-state index in [-0.39, 0.29) is 68.3 Å². The standard InChI is InChI=1S/C38H46N4O10/c1-9-38(48)27-16-29-31-25(18-42(29)32(44)26(27)20-50-34(38)46)24(17-40-30(43)11-10-14-39-35(47)52-37(6,7)8)23-15-22(12-13-28(23)41-31)49-19-21(2)33(45)51-36(3,4)5/h12-13,15-16,48H,2,9-11,14,17-20H2,1,3-8H3,(H,39,47)(H,40,43)/t38-/m0/s1. The second kappa shape index (κ2) is 14.4.